The first-order chi connectivity index (χ1) is 7.04. The van der Waals surface area contributed by atoms with Gasteiger partial charge >= 0.3 is 0 Å². The van der Waals surface area contributed by atoms with Gasteiger partial charge in [0.25, 0.3) is 0 Å². The highest BCUT2D eigenvalue weighted by Gasteiger charge is 2.07. The Hall–Kier alpha value is -1.51. The van der Waals surface area contributed by atoms with E-state index in [0.717, 1.165) is 12.0 Å². The van der Waals surface area contributed by atoms with Gasteiger partial charge in [0.05, 0.1) is 5.69 Å². The second kappa shape index (κ2) is 4.82. The average Bonchev–Trinajstić information content (AvgIpc) is 2.19. The largest absolute Gasteiger partial charge is 0.506 e. The van der Waals surface area contributed by atoms with Crippen LogP contribution in [0.2, 0.25) is 0 Å². The highest BCUT2D eigenvalue weighted by Crippen LogP contribution is 2.28. The number of hydrogen-bond acceptors (Lipinski definition) is 2. The van der Waals surface area contributed by atoms with E-state index in [2.05, 4.69) is 19.2 Å². The number of rotatable bonds is 3. The van der Waals surface area contributed by atoms with Crippen molar-refractivity contribution >= 4 is 11.6 Å². The normalized spacial score (nSPS) is 12.2. The molecule has 3 nitrogen and oxygen atoms in total. The van der Waals surface area contributed by atoms with Crippen LogP contribution in [0.5, 0.6) is 5.75 Å². The molecule has 0 aromatic heterocycles. The van der Waals surface area contributed by atoms with Crippen LogP contribution in [0, 0.1) is 0 Å². The first-order valence-electron chi connectivity index (χ1n) is 5.15. The Kier molecular flexibility index (Phi) is 3.72. The van der Waals surface area contributed by atoms with Crippen molar-refractivity contribution in [3.63, 3.8) is 0 Å². The minimum absolute atomic E-state index is 0.128. The van der Waals surface area contributed by atoms with E-state index in [0.29, 0.717) is 11.6 Å². The van der Waals surface area contributed by atoms with Crippen LogP contribution in [-0.2, 0) is 4.79 Å². The van der Waals surface area contributed by atoms with E-state index in [1.54, 1.807) is 12.1 Å². The van der Waals surface area contributed by atoms with E-state index < -0.39 is 0 Å². The molecule has 0 spiro atoms. The predicted molar refractivity (Wildman–Crippen MR) is 61.1 cm³/mol. The van der Waals surface area contributed by atoms with Crippen LogP contribution in [0.4, 0.5) is 5.69 Å². The lowest BCUT2D eigenvalue weighted by Crippen LogP contribution is -2.06. The summed E-state index contributed by atoms with van der Waals surface area (Å²) in [7, 11) is 0. The Morgan fingerprint density at radius 1 is 1.53 bits per heavy atom. The Labute approximate surface area is 90.1 Å². The van der Waals surface area contributed by atoms with Crippen molar-refractivity contribution in [2.75, 3.05) is 5.32 Å². The molecule has 0 fully saturated rings. The van der Waals surface area contributed by atoms with Crippen molar-refractivity contribution in [1.82, 2.24) is 0 Å². The Morgan fingerprint density at radius 2 is 2.20 bits per heavy atom. The number of hydrogen-bond donors (Lipinski definition) is 2. The fraction of sp³-hybridized carbons (Fsp3) is 0.417. The van der Waals surface area contributed by atoms with Gasteiger partial charge in [0.15, 0.2) is 0 Å². The van der Waals surface area contributed by atoms with Crippen LogP contribution < -0.4 is 5.32 Å². The number of aromatic hydroxyl groups is 1. The molecule has 82 valence electrons. The third kappa shape index (κ3) is 2.98. The molecule has 0 saturated heterocycles. The van der Waals surface area contributed by atoms with Gasteiger partial charge in [-0.25, -0.2) is 0 Å². The quantitative estimate of drug-likeness (QED) is 0.749. The number of carbonyl (C=O) groups excluding carboxylic acids is 1. The molecule has 0 saturated carbocycles. The maximum Gasteiger partial charge on any atom is 0.221 e. The van der Waals surface area contributed by atoms with Crippen molar-refractivity contribution in [3.8, 4) is 5.75 Å². The van der Waals surface area contributed by atoms with Crippen LogP contribution in [-0.4, -0.2) is 11.0 Å². The van der Waals surface area contributed by atoms with Gasteiger partial charge in [0.2, 0.25) is 5.91 Å². The van der Waals surface area contributed by atoms with Gasteiger partial charge in [-0.3, -0.25) is 4.79 Å². The summed E-state index contributed by atoms with van der Waals surface area (Å²) in [6.07, 6.45) is 1.03. The number of amides is 1. The smallest absolute Gasteiger partial charge is 0.221 e. The maximum absolute atomic E-state index is 10.8. The minimum Gasteiger partial charge on any atom is -0.506 e. The molecular formula is C12H17NO2. The van der Waals surface area contributed by atoms with E-state index in [1.807, 2.05) is 6.07 Å². The molecule has 1 atom stereocenters. The zero-order valence-electron chi connectivity index (χ0n) is 9.37. The lowest BCUT2D eigenvalue weighted by molar-refractivity contribution is -0.114. The van der Waals surface area contributed by atoms with Gasteiger partial charge < -0.3 is 10.4 Å². The summed E-state index contributed by atoms with van der Waals surface area (Å²) >= 11 is 0. The molecule has 2 N–H and O–H groups in total. The average molecular weight is 207 g/mol. The number of benzene rings is 1. The SMILES string of the molecule is CC[C@@H](C)c1ccc(NC(C)=O)c(O)c1. The second-order valence-corrected chi connectivity index (χ2v) is 3.77. The van der Waals surface area contributed by atoms with Crippen molar-refractivity contribution in [1.29, 1.82) is 0 Å². The number of anilines is 1. The van der Waals surface area contributed by atoms with E-state index in [-0.39, 0.29) is 11.7 Å². The summed E-state index contributed by atoms with van der Waals surface area (Å²) in [5, 5.41) is 12.2. The van der Waals surface area contributed by atoms with Gasteiger partial charge in [0.1, 0.15) is 5.75 Å². The minimum atomic E-state index is -0.179. The third-order valence-corrected chi connectivity index (χ3v) is 2.51. The van der Waals surface area contributed by atoms with Crippen LogP contribution in [0.3, 0.4) is 0 Å². The van der Waals surface area contributed by atoms with E-state index >= 15 is 0 Å². The molecule has 15 heavy (non-hydrogen) atoms. The molecule has 1 aromatic rings. The van der Waals surface area contributed by atoms with Gasteiger partial charge in [-0.15, -0.1) is 0 Å². The van der Waals surface area contributed by atoms with E-state index in [1.165, 1.54) is 6.92 Å². The second-order valence-electron chi connectivity index (χ2n) is 3.77. The molecule has 1 aromatic carbocycles. The van der Waals surface area contributed by atoms with Crippen LogP contribution in [0.25, 0.3) is 0 Å². The fourth-order valence-corrected chi connectivity index (χ4v) is 1.39. The van der Waals surface area contributed by atoms with E-state index in [4.69, 9.17) is 0 Å². The lowest BCUT2D eigenvalue weighted by atomic mass is 9.98. The Bertz CT molecular complexity index is 361. The lowest BCUT2D eigenvalue weighted by Gasteiger charge is -2.11. The molecule has 0 aliphatic heterocycles. The highest BCUT2D eigenvalue weighted by atomic mass is 16.3. The molecule has 0 aliphatic rings. The molecule has 0 unspecified atom stereocenters. The molecule has 1 amide bonds. The maximum atomic E-state index is 10.8. The first kappa shape index (κ1) is 11.6. The summed E-state index contributed by atoms with van der Waals surface area (Å²) in [4.78, 5) is 10.8. The van der Waals surface area contributed by atoms with Crippen LogP contribution in [0.1, 0.15) is 38.7 Å². The molecule has 0 heterocycles. The topological polar surface area (TPSA) is 49.3 Å². The number of phenolic OH excluding ortho intramolecular Hbond substituents is 1. The summed E-state index contributed by atoms with van der Waals surface area (Å²) < 4.78 is 0. The number of carbonyl (C=O) groups is 1. The van der Waals surface area contributed by atoms with Gasteiger partial charge in [-0.2, -0.15) is 0 Å². The summed E-state index contributed by atoms with van der Waals surface area (Å²) in [5.74, 6) is 0.367. The molecular weight excluding hydrogens is 190 g/mol. The molecule has 3 heteroatoms. The predicted octanol–water partition coefficient (Wildman–Crippen LogP) is 2.86. The summed E-state index contributed by atoms with van der Waals surface area (Å²) in [6, 6.07) is 5.37. The summed E-state index contributed by atoms with van der Waals surface area (Å²) in [6.45, 7) is 5.62. The third-order valence-electron chi connectivity index (χ3n) is 2.51. The highest BCUT2D eigenvalue weighted by molar-refractivity contribution is 5.90. The van der Waals surface area contributed by atoms with Crippen LogP contribution >= 0.6 is 0 Å². The van der Waals surface area contributed by atoms with Crippen molar-refractivity contribution < 1.29 is 9.90 Å². The van der Waals surface area contributed by atoms with Gasteiger partial charge in [-0.05, 0) is 30.0 Å². The molecule has 1 rings (SSSR count). The first-order valence-corrected chi connectivity index (χ1v) is 5.15. The molecule has 0 radical (unpaired) electrons. The number of phenols is 1. The van der Waals surface area contributed by atoms with E-state index in [9.17, 15) is 9.90 Å². The Morgan fingerprint density at radius 3 is 2.67 bits per heavy atom. The zero-order chi connectivity index (χ0) is 11.4. The van der Waals surface area contributed by atoms with Crippen molar-refractivity contribution in [2.45, 2.75) is 33.1 Å². The fourth-order valence-electron chi connectivity index (χ4n) is 1.39. The molecule has 0 bridgehead atoms. The van der Waals surface area contributed by atoms with Crippen molar-refractivity contribution in [3.05, 3.63) is 23.8 Å². The standard InChI is InChI=1S/C12H17NO2/c1-4-8(2)10-5-6-11(12(15)7-10)13-9(3)14/h5-8,15H,4H2,1-3H3,(H,13,14)/t8-/m1/s1. The molecule has 0 aliphatic carbocycles. The number of nitrogens with one attached hydrogen (secondary N) is 1. The summed E-state index contributed by atoms with van der Waals surface area (Å²) in [5.41, 5.74) is 1.55. The van der Waals surface area contributed by atoms with Crippen LogP contribution in [0.15, 0.2) is 18.2 Å². The van der Waals surface area contributed by atoms with Gasteiger partial charge in [-0.1, -0.05) is 19.9 Å². The van der Waals surface area contributed by atoms with Crippen molar-refractivity contribution in [2.24, 2.45) is 0 Å². The zero-order valence-corrected chi connectivity index (χ0v) is 9.37. The van der Waals surface area contributed by atoms with Gasteiger partial charge in [0, 0.05) is 6.92 Å². The monoisotopic (exact) mass is 207 g/mol. The Balaban J connectivity index is 2.92.